The Balaban J connectivity index is 2.17. The molecule has 2 nitrogen and oxygen atoms in total. The standard InChI is InChI=1S/C16H23NO/c1-3-14-6-8-15(9-7-14)16(12-13(2)18)17-10-4-5-11-17/h6-9,16H,3-5,10-12H2,1-2H3. The highest BCUT2D eigenvalue weighted by atomic mass is 16.1. The third-order valence-electron chi connectivity index (χ3n) is 3.83. The fourth-order valence-electron chi connectivity index (χ4n) is 2.76. The quantitative estimate of drug-likeness (QED) is 0.792. The molecule has 0 aromatic heterocycles. The Morgan fingerprint density at radius 1 is 1.22 bits per heavy atom. The molecule has 2 rings (SSSR count). The fraction of sp³-hybridized carbons (Fsp3) is 0.562. The van der Waals surface area contributed by atoms with Crippen molar-refractivity contribution in [3.8, 4) is 0 Å². The van der Waals surface area contributed by atoms with Crippen LogP contribution in [0.3, 0.4) is 0 Å². The molecule has 1 fully saturated rings. The van der Waals surface area contributed by atoms with Crippen molar-refractivity contribution in [1.29, 1.82) is 0 Å². The molecule has 0 radical (unpaired) electrons. The summed E-state index contributed by atoms with van der Waals surface area (Å²) < 4.78 is 0. The maximum Gasteiger partial charge on any atom is 0.131 e. The molecule has 1 unspecified atom stereocenters. The molecule has 0 spiro atoms. The van der Waals surface area contributed by atoms with Crippen LogP contribution in [0.15, 0.2) is 24.3 Å². The molecular formula is C16H23NO. The van der Waals surface area contributed by atoms with Crippen molar-refractivity contribution in [2.45, 2.75) is 45.6 Å². The third-order valence-corrected chi connectivity index (χ3v) is 3.83. The first-order valence-corrected chi connectivity index (χ1v) is 7.03. The van der Waals surface area contributed by atoms with Crippen molar-refractivity contribution in [2.24, 2.45) is 0 Å². The number of hydrogen-bond acceptors (Lipinski definition) is 2. The summed E-state index contributed by atoms with van der Waals surface area (Å²) in [5, 5.41) is 0. The molecule has 0 saturated carbocycles. The fourth-order valence-corrected chi connectivity index (χ4v) is 2.76. The number of carbonyl (C=O) groups is 1. The van der Waals surface area contributed by atoms with Gasteiger partial charge in [0.2, 0.25) is 0 Å². The lowest BCUT2D eigenvalue weighted by atomic mass is 9.98. The number of likely N-dealkylation sites (tertiary alicyclic amines) is 1. The van der Waals surface area contributed by atoms with Crippen LogP contribution in [-0.2, 0) is 11.2 Å². The van der Waals surface area contributed by atoms with Crippen LogP contribution in [0, 0.1) is 0 Å². The zero-order valence-corrected chi connectivity index (χ0v) is 11.5. The molecule has 1 aliphatic rings. The van der Waals surface area contributed by atoms with Crippen molar-refractivity contribution in [1.82, 2.24) is 4.90 Å². The number of Topliss-reactive ketones (excluding diaryl/α,β-unsaturated/α-hetero) is 1. The Hall–Kier alpha value is -1.15. The Kier molecular flexibility index (Phi) is 4.54. The monoisotopic (exact) mass is 245 g/mol. The zero-order chi connectivity index (χ0) is 13.0. The first-order valence-electron chi connectivity index (χ1n) is 7.03. The summed E-state index contributed by atoms with van der Waals surface area (Å²) in [5.74, 6) is 0.284. The summed E-state index contributed by atoms with van der Waals surface area (Å²) in [7, 11) is 0. The predicted molar refractivity (Wildman–Crippen MR) is 74.7 cm³/mol. The van der Waals surface area contributed by atoms with E-state index >= 15 is 0 Å². The molecule has 1 heterocycles. The molecule has 2 heteroatoms. The topological polar surface area (TPSA) is 20.3 Å². The van der Waals surface area contributed by atoms with Crippen molar-refractivity contribution in [3.63, 3.8) is 0 Å². The zero-order valence-electron chi connectivity index (χ0n) is 11.5. The van der Waals surface area contributed by atoms with Gasteiger partial charge < -0.3 is 0 Å². The van der Waals surface area contributed by atoms with Crippen molar-refractivity contribution in [3.05, 3.63) is 35.4 Å². The Bertz CT molecular complexity index is 390. The van der Waals surface area contributed by atoms with Gasteiger partial charge in [-0.3, -0.25) is 9.69 Å². The van der Waals surface area contributed by atoms with Crippen LogP contribution in [-0.4, -0.2) is 23.8 Å². The minimum absolute atomic E-state index is 0.284. The van der Waals surface area contributed by atoms with Crippen LogP contribution >= 0.6 is 0 Å². The molecular weight excluding hydrogens is 222 g/mol. The van der Waals surface area contributed by atoms with E-state index in [1.165, 1.54) is 24.0 Å². The normalized spacial score (nSPS) is 17.9. The smallest absolute Gasteiger partial charge is 0.131 e. The second-order valence-corrected chi connectivity index (χ2v) is 5.26. The Labute approximate surface area is 110 Å². The van der Waals surface area contributed by atoms with Crippen molar-refractivity contribution < 1.29 is 4.79 Å². The van der Waals surface area contributed by atoms with Crippen molar-refractivity contribution >= 4 is 5.78 Å². The molecule has 1 saturated heterocycles. The number of carbonyl (C=O) groups excluding carboxylic acids is 1. The number of hydrogen-bond donors (Lipinski definition) is 0. The first kappa shape index (κ1) is 13.3. The minimum Gasteiger partial charge on any atom is -0.300 e. The molecule has 1 aromatic carbocycles. The number of nitrogens with zero attached hydrogens (tertiary/aromatic N) is 1. The van der Waals surface area contributed by atoms with Gasteiger partial charge in [0.15, 0.2) is 0 Å². The van der Waals surface area contributed by atoms with Gasteiger partial charge in [-0.1, -0.05) is 31.2 Å². The summed E-state index contributed by atoms with van der Waals surface area (Å²) in [6.07, 6.45) is 4.25. The van der Waals surface area contributed by atoms with E-state index in [1.54, 1.807) is 6.92 Å². The van der Waals surface area contributed by atoms with Crippen LogP contribution in [0.25, 0.3) is 0 Å². The van der Waals surface area contributed by atoms with Crippen LogP contribution in [0.4, 0.5) is 0 Å². The molecule has 1 aromatic rings. The average Bonchev–Trinajstić information content (AvgIpc) is 2.89. The van der Waals surface area contributed by atoms with E-state index in [0.29, 0.717) is 6.42 Å². The summed E-state index contributed by atoms with van der Waals surface area (Å²) >= 11 is 0. The van der Waals surface area contributed by atoms with Gasteiger partial charge in [0.25, 0.3) is 0 Å². The highest BCUT2D eigenvalue weighted by molar-refractivity contribution is 5.76. The highest BCUT2D eigenvalue weighted by Gasteiger charge is 2.24. The van der Waals surface area contributed by atoms with Gasteiger partial charge in [-0.2, -0.15) is 0 Å². The maximum atomic E-state index is 11.5. The first-order chi connectivity index (χ1) is 8.70. The average molecular weight is 245 g/mol. The van der Waals surface area contributed by atoms with Gasteiger partial charge in [0.05, 0.1) is 0 Å². The van der Waals surface area contributed by atoms with E-state index in [2.05, 4.69) is 36.1 Å². The van der Waals surface area contributed by atoms with E-state index in [0.717, 1.165) is 19.5 Å². The highest BCUT2D eigenvalue weighted by Crippen LogP contribution is 2.28. The van der Waals surface area contributed by atoms with Gasteiger partial charge in [-0.05, 0) is 50.4 Å². The number of benzene rings is 1. The summed E-state index contributed by atoms with van der Waals surface area (Å²) in [6.45, 7) is 6.13. The third kappa shape index (κ3) is 3.20. The molecule has 18 heavy (non-hydrogen) atoms. The van der Waals surface area contributed by atoms with Gasteiger partial charge in [0, 0.05) is 12.5 Å². The molecule has 0 bridgehead atoms. The summed E-state index contributed by atoms with van der Waals surface area (Å²) in [4.78, 5) is 13.9. The van der Waals surface area contributed by atoms with E-state index < -0.39 is 0 Å². The van der Waals surface area contributed by atoms with Crippen LogP contribution < -0.4 is 0 Å². The van der Waals surface area contributed by atoms with Crippen LogP contribution in [0.2, 0.25) is 0 Å². The Morgan fingerprint density at radius 2 is 1.83 bits per heavy atom. The van der Waals surface area contributed by atoms with Gasteiger partial charge in [0.1, 0.15) is 5.78 Å². The molecule has 1 atom stereocenters. The number of aryl methyl sites for hydroxylation is 1. The summed E-state index contributed by atoms with van der Waals surface area (Å²) in [5.41, 5.74) is 2.66. The van der Waals surface area contributed by atoms with E-state index in [1.807, 2.05) is 0 Å². The van der Waals surface area contributed by atoms with Crippen LogP contribution in [0.1, 0.15) is 50.3 Å². The predicted octanol–water partition coefficient (Wildman–Crippen LogP) is 3.37. The Morgan fingerprint density at radius 3 is 2.33 bits per heavy atom. The van der Waals surface area contributed by atoms with E-state index in [4.69, 9.17) is 0 Å². The molecule has 98 valence electrons. The van der Waals surface area contributed by atoms with Gasteiger partial charge >= 0.3 is 0 Å². The van der Waals surface area contributed by atoms with Gasteiger partial charge in [-0.25, -0.2) is 0 Å². The SMILES string of the molecule is CCc1ccc(C(CC(C)=O)N2CCCC2)cc1. The molecule has 0 amide bonds. The lowest BCUT2D eigenvalue weighted by molar-refractivity contribution is -0.118. The molecule has 1 aliphatic heterocycles. The van der Waals surface area contributed by atoms with Gasteiger partial charge in [-0.15, -0.1) is 0 Å². The van der Waals surface area contributed by atoms with E-state index in [-0.39, 0.29) is 11.8 Å². The number of ketones is 1. The lowest BCUT2D eigenvalue weighted by Gasteiger charge is -2.27. The lowest BCUT2D eigenvalue weighted by Crippen LogP contribution is -2.27. The largest absolute Gasteiger partial charge is 0.300 e. The summed E-state index contributed by atoms with van der Waals surface area (Å²) in [6, 6.07) is 9.07. The molecule has 0 aliphatic carbocycles. The second-order valence-electron chi connectivity index (χ2n) is 5.26. The number of rotatable bonds is 5. The van der Waals surface area contributed by atoms with Crippen molar-refractivity contribution in [2.75, 3.05) is 13.1 Å². The maximum absolute atomic E-state index is 11.5. The van der Waals surface area contributed by atoms with E-state index in [9.17, 15) is 4.79 Å². The second kappa shape index (κ2) is 6.14. The minimum atomic E-state index is 0.284. The molecule has 0 N–H and O–H groups in total. The van der Waals surface area contributed by atoms with Crippen LogP contribution in [0.5, 0.6) is 0 Å².